The maximum Gasteiger partial charge on any atom is 0.0758 e. The van der Waals surface area contributed by atoms with Crippen molar-refractivity contribution in [3.8, 4) is 0 Å². The van der Waals surface area contributed by atoms with Crippen LogP contribution in [0.2, 0.25) is 0 Å². The largest absolute Gasteiger partial charge is 0.389 e. The molecule has 0 aliphatic carbocycles. The van der Waals surface area contributed by atoms with E-state index < -0.39 is 5.60 Å². The fourth-order valence-electron chi connectivity index (χ4n) is 2.42. The van der Waals surface area contributed by atoms with E-state index in [-0.39, 0.29) is 6.04 Å². The Kier molecular flexibility index (Phi) is 3.82. The summed E-state index contributed by atoms with van der Waals surface area (Å²) in [5, 5.41) is 9.87. The van der Waals surface area contributed by atoms with E-state index in [9.17, 15) is 5.11 Å². The normalized spacial score (nSPS) is 27.2. The molecule has 2 unspecified atom stereocenters. The van der Waals surface area contributed by atoms with E-state index >= 15 is 0 Å². The van der Waals surface area contributed by atoms with Gasteiger partial charge in [0.2, 0.25) is 0 Å². The van der Waals surface area contributed by atoms with Crippen molar-refractivity contribution in [2.45, 2.75) is 31.4 Å². The molecule has 1 heterocycles. The highest BCUT2D eigenvalue weighted by Crippen LogP contribution is 2.22. The Morgan fingerprint density at radius 2 is 2.12 bits per heavy atom. The molecule has 0 aromatic heterocycles. The number of likely N-dealkylation sites (tertiary alicyclic amines) is 1. The van der Waals surface area contributed by atoms with Crippen LogP contribution in [0.25, 0.3) is 0 Å². The van der Waals surface area contributed by atoms with Gasteiger partial charge in [-0.25, -0.2) is 0 Å². The third kappa shape index (κ3) is 3.53. The number of β-amino-alcohol motifs (C(OH)–C–C–N with tert-alkyl or cyclic N) is 1. The molecule has 1 aromatic rings. The van der Waals surface area contributed by atoms with Gasteiger partial charge in [0.05, 0.1) is 5.60 Å². The molecule has 1 saturated heterocycles. The molecule has 2 atom stereocenters. The van der Waals surface area contributed by atoms with Crippen molar-refractivity contribution < 1.29 is 5.11 Å². The number of hydrogen-bond acceptors (Lipinski definition) is 3. The second kappa shape index (κ2) is 5.17. The zero-order chi connectivity index (χ0) is 12.3. The van der Waals surface area contributed by atoms with Crippen molar-refractivity contribution in [3.63, 3.8) is 0 Å². The van der Waals surface area contributed by atoms with E-state index in [2.05, 4.69) is 17.0 Å². The molecule has 0 amide bonds. The standard InChI is InChI=1S/C14H22N2O/c1-14(17)8-10-16(11-14)9-7-13(15)12-5-3-2-4-6-12/h2-6,13,17H,7-11,15H2,1H3. The SMILES string of the molecule is CC1(O)CCN(CCC(N)c2ccccc2)C1. The number of hydrogen-bond donors (Lipinski definition) is 2. The third-order valence-corrected chi connectivity index (χ3v) is 3.51. The van der Waals surface area contributed by atoms with Crippen molar-refractivity contribution in [2.75, 3.05) is 19.6 Å². The fourth-order valence-corrected chi connectivity index (χ4v) is 2.42. The van der Waals surface area contributed by atoms with Crippen LogP contribution < -0.4 is 5.73 Å². The molecule has 0 spiro atoms. The first-order valence-corrected chi connectivity index (χ1v) is 6.32. The Hall–Kier alpha value is -0.900. The summed E-state index contributed by atoms with van der Waals surface area (Å²) < 4.78 is 0. The van der Waals surface area contributed by atoms with Crippen molar-refractivity contribution in [2.24, 2.45) is 5.73 Å². The molecule has 17 heavy (non-hydrogen) atoms. The van der Waals surface area contributed by atoms with E-state index in [1.807, 2.05) is 25.1 Å². The van der Waals surface area contributed by atoms with Crippen LogP contribution in [0, 0.1) is 0 Å². The van der Waals surface area contributed by atoms with Crippen LogP contribution in [0.15, 0.2) is 30.3 Å². The van der Waals surface area contributed by atoms with Gasteiger partial charge in [0, 0.05) is 25.7 Å². The van der Waals surface area contributed by atoms with Gasteiger partial charge in [-0.15, -0.1) is 0 Å². The molecule has 3 nitrogen and oxygen atoms in total. The minimum Gasteiger partial charge on any atom is -0.389 e. The van der Waals surface area contributed by atoms with Crippen LogP contribution >= 0.6 is 0 Å². The first-order chi connectivity index (χ1) is 8.07. The summed E-state index contributed by atoms with van der Waals surface area (Å²) in [5.74, 6) is 0. The molecule has 2 rings (SSSR count). The monoisotopic (exact) mass is 234 g/mol. The van der Waals surface area contributed by atoms with Gasteiger partial charge in [-0.3, -0.25) is 0 Å². The number of nitrogens with zero attached hydrogens (tertiary/aromatic N) is 1. The zero-order valence-corrected chi connectivity index (χ0v) is 10.5. The van der Waals surface area contributed by atoms with Crippen molar-refractivity contribution in [1.29, 1.82) is 0 Å². The van der Waals surface area contributed by atoms with Gasteiger partial charge >= 0.3 is 0 Å². The minimum atomic E-state index is -0.503. The highest BCUT2D eigenvalue weighted by molar-refractivity contribution is 5.18. The molecular weight excluding hydrogens is 212 g/mol. The van der Waals surface area contributed by atoms with Gasteiger partial charge < -0.3 is 15.7 Å². The topological polar surface area (TPSA) is 49.5 Å². The third-order valence-electron chi connectivity index (χ3n) is 3.51. The van der Waals surface area contributed by atoms with E-state index in [1.165, 1.54) is 5.56 Å². The molecule has 1 aliphatic heterocycles. The van der Waals surface area contributed by atoms with E-state index in [0.29, 0.717) is 0 Å². The maximum atomic E-state index is 9.87. The molecule has 0 radical (unpaired) electrons. The predicted octanol–water partition coefficient (Wildman–Crippen LogP) is 1.53. The Morgan fingerprint density at radius 3 is 2.71 bits per heavy atom. The first kappa shape index (κ1) is 12.6. The fraction of sp³-hybridized carbons (Fsp3) is 0.571. The van der Waals surface area contributed by atoms with Crippen LogP contribution in [0.5, 0.6) is 0 Å². The Morgan fingerprint density at radius 1 is 1.41 bits per heavy atom. The molecule has 94 valence electrons. The van der Waals surface area contributed by atoms with E-state index in [1.54, 1.807) is 0 Å². The minimum absolute atomic E-state index is 0.0988. The lowest BCUT2D eigenvalue weighted by Gasteiger charge is -2.20. The smallest absolute Gasteiger partial charge is 0.0758 e. The Labute approximate surface area is 103 Å². The quantitative estimate of drug-likeness (QED) is 0.830. The van der Waals surface area contributed by atoms with Crippen LogP contribution in [-0.2, 0) is 0 Å². The summed E-state index contributed by atoms with van der Waals surface area (Å²) in [6, 6.07) is 10.3. The Balaban J connectivity index is 1.79. The average Bonchev–Trinajstić information content (AvgIpc) is 2.67. The number of aliphatic hydroxyl groups is 1. The van der Waals surface area contributed by atoms with Gasteiger partial charge in [0.15, 0.2) is 0 Å². The molecule has 1 aliphatic rings. The van der Waals surface area contributed by atoms with E-state index in [4.69, 9.17) is 5.73 Å². The second-order valence-electron chi connectivity index (χ2n) is 5.33. The van der Waals surface area contributed by atoms with Crippen LogP contribution in [0.1, 0.15) is 31.4 Å². The molecule has 3 heteroatoms. The van der Waals surface area contributed by atoms with Gasteiger partial charge in [0.25, 0.3) is 0 Å². The zero-order valence-electron chi connectivity index (χ0n) is 10.5. The lowest BCUT2D eigenvalue weighted by atomic mass is 10.0. The molecule has 1 fully saturated rings. The lowest BCUT2D eigenvalue weighted by Crippen LogP contribution is -2.31. The molecule has 0 saturated carbocycles. The second-order valence-corrected chi connectivity index (χ2v) is 5.33. The van der Waals surface area contributed by atoms with Crippen LogP contribution in [0.3, 0.4) is 0 Å². The lowest BCUT2D eigenvalue weighted by molar-refractivity contribution is 0.0684. The summed E-state index contributed by atoms with van der Waals surface area (Å²) in [6.45, 7) is 4.62. The van der Waals surface area contributed by atoms with Gasteiger partial charge in [-0.1, -0.05) is 30.3 Å². The summed E-state index contributed by atoms with van der Waals surface area (Å²) >= 11 is 0. The maximum absolute atomic E-state index is 9.87. The van der Waals surface area contributed by atoms with Crippen molar-refractivity contribution in [1.82, 2.24) is 4.90 Å². The summed E-state index contributed by atoms with van der Waals surface area (Å²) in [4.78, 5) is 2.29. The summed E-state index contributed by atoms with van der Waals surface area (Å²) in [6.07, 6.45) is 1.81. The Bertz CT molecular complexity index is 350. The van der Waals surface area contributed by atoms with Crippen LogP contribution in [-0.4, -0.2) is 35.2 Å². The molecule has 0 bridgehead atoms. The summed E-state index contributed by atoms with van der Waals surface area (Å²) in [7, 11) is 0. The number of benzene rings is 1. The van der Waals surface area contributed by atoms with Crippen molar-refractivity contribution >= 4 is 0 Å². The van der Waals surface area contributed by atoms with Gasteiger partial charge in [0.1, 0.15) is 0 Å². The highest BCUT2D eigenvalue weighted by atomic mass is 16.3. The summed E-state index contributed by atoms with van der Waals surface area (Å²) in [5.41, 5.74) is 6.84. The highest BCUT2D eigenvalue weighted by Gasteiger charge is 2.30. The first-order valence-electron chi connectivity index (χ1n) is 6.32. The molecule has 1 aromatic carbocycles. The van der Waals surface area contributed by atoms with Gasteiger partial charge in [-0.2, -0.15) is 0 Å². The van der Waals surface area contributed by atoms with Gasteiger partial charge in [-0.05, 0) is 25.3 Å². The molecule has 3 N–H and O–H groups in total. The molecular formula is C14H22N2O. The van der Waals surface area contributed by atoms with Crippen LogP contribution in [0.4, 0.5) is 0 Å². The number of rotatable bonds is 4. The average molecular weight is 234 g/mol. The van der Waals surface area contributed by atoms with E-state index in [0.717, 1.165) is 32.5 Å². The van der Waals surface area contributed by atoms with Crippen molar-refractivity contribution in [3.05, 3.63) is 35.9 Å². The predicted molar refractivity (Wildman–Crippen MR) is 69.7 cm³/mol. The number of nitrogens with two attached hydrogens (primary N) is 1.